The SMILES string of the molecule is CN(C(=O)c1ccc(S(C)(=O)=O)cc1)C(C)(C)CO. The molecule has 5 nitrogen and oxygen atoms in total. The van der Waals surface area contributed by atoms with Gasteiger partial charge in [-0.15, -0.1) is 0 Å². The third kappa shape index (κ3) is 3.54. The molecule has 0 unspecified atom stereocenters. The second kappa shape index (κ2) is 5.30. The number of benzene rings is 1. The number of rotatable bonds is 4. The summed E-state index contributed by atoms with van der Waals surface area (Å²) in [7, 11) is -1.66. The molecule has 0 aliphatic heterocycles. The van der Waals surface area contributed by atoms with Crippen LogP contribution in [-0.4, -0.2) is 49.8 Å². The number of hydrogen-bond acceptors (Lipinski definition) is 4. The van der Waals surface area contributed by atoms with Crippen LogP contribution in [0.4, 0.5) is 0 Å². The number of nitrogens with zero attached hydrogens (tertiary/aromatic N) is 1. The minimum absolute atomic E-state index is 0.156. The third-order valence-electron chi connectivity index (χ3n) is 3.13. The van der Waals surface area contributed by atoms with Gasteiger partial charge in [-0.3, -0.25) is 4.79 Å². The van der Waals surface area contributed by atoms with Crippen LogP contribution in [0.2, 0.25) is 0 Å². The second-order valence-corrected chi connectivity index (χ2v) is 7.15. The molecule has 1 amide bonds. The topological polar surface area (TPSA) is 74.7 Å². The molecule has 1 aromatic carbocycles. The van der Waals surface area contributed by atoms with Crippen LogP contribution in [-0.2, 0) is 9.84 Å². The van der Waals surface area contributed by atoms with Crippen molar-refractivity contribution in [1.29, 1.82) is 0 Å². The fourth-order valence-electron chi connectivity index (χ4n) is 1.42. The van der Waals surface area contributed by atoms with Crippen LogP contribution >= 0.6 is 0 Å². The maximum Gasteiger partial charge on any atom is 0.254 e. The molecule has 0 saturated heterocycles. The van der Waals surface area contributed by atoms with Gasteiger partial charge in [-0.25, -0.2) is 8.42 Å². The molecule has 6 heteroatoms. The molecule has 19 heavy (non-hydrogen) atoms. The highest BCUT2D eigenvalue weighted by atomic mass is 32.2. The Morgan fingerprint density at radius 3 is 2.11 bits per heavy atom. The molecular formula is C13H19NO4S. The van der Waals surface area contributed by atoms with Crippen LogP contribution in [0, 0.1) is 0 Å². The van der Waals surface area contributed by atoms with Gasteiger partial charge in [0, 0.05) is 18.9 Å². The molecule has 0 aliphatic rings. The fraction of sp³-hybridized carbons (Fsp3) is 0.462. The molecule has 0 heterocycles. The number of aliphatic hydroxyl groups is 1. The first-order valence-corrected chi connectivity index (χ1v) is 7.68. The van der Waals surface area contributed by atoms with Crippen LogP contribution in [0.15, 0.2) is 29.2 Å². The fourth-order valence-corrected chi connectivity index (χ4v) is 2.05. The Morgan fingerprint density at radius 2 is 1.74 bits per heavy atom. The minimum atomic E-state index is -3.26. The Kier molecular flexibility index (Phi) is 4.37. The number of carbonyl (C=O) groups is 1. The maximum absolute atomic E-state index is 12.2. The summed E-state index contributed by atoms with van der Waals surface area (Å²) in [6.45, 7) is 3.34. The highest BCUT2D eigenvalue weighted by Gasteiger charge is 2.27. The van der Waals surface area contributed by atoms with Gasteiger partial charge in [0.15, 0.2) is 9.84 Å². The van der Waals surface area contributed by atoms with Gasteiger partial charge in [0.2, 0.25) is 0 Å². The standard InChI is InChI=1S/C13H19NO4S/c1-13(2,9-15)14(3)12(16)10-5-7-11(8-6-10)19(4,17)18/h5-8,15H,9H2,1-4H3. The van der Waals surface area contributed by atoms with Gasteiger partial charge in [-0.1, -0.05) is 0 Å². The van der Waals surface area contributed by atoms with Crippen molar-refractivity contribution in [1.82, 2.24) is 4.90 Å². The van der Waals surface area contributed by atoms with Crippen molar-refractivity contribution in [2.45, 2.75) is 24.3 Å². The van der Waals surface area contributed by atoms with Crippen LogP contribution in [0.25, 0.3) is 0 Å². The van der Waals surface area contributed by atoms with Crippen molar-refractivity contribution in [2.75, 3.05) is 19.9 Å². The van der Waals surface area contributed by atoms with E-state index in [2.05, 4.69) is 0 Å². The molecular weight excluding hydrogens is 266 g/mol. The van der Waals surface area contributed by atoms with Gasteiger partial charge in [-0.2, -0.15) is 0 Å². The normalized spacial score (nSPS) is 12.3. The van der Waals surface area contributed by atoms with Crippen molar-refractivity contribution < 1.29 is 18.3 Å². The van der Waals surface area contributed by atoms with E-state index in [0.717, 1.165) is 6.26 Å². The third-order valence-corrected chi connectivity index (χ3v) is 4.26. The van der Waals surface area contributed by atoms with Gasteiger partial charge >= 0.3 is 0 Å². The lowest BCUT2D eigenvalue weighted by atomic mass is 10.0. The van der Waals surface area contributed by atoms with Gasteiger partial charge in [0.05, 0.1) is 17.0 Å². The molecule has 1 aromatic rings. The largest absolute Gasteiger partial charge is 0.394 e. The molecule has 0 spiro atoms. The van der Waals surface area contributed by atoms with Crippen LogP contribution < -0.4 is 0 Å². The molecule has 106 valence electrons. The zero-order valence-corrected chi connectivity index (χ0v) is 12.4. The van der Waals surface area contributed by atoms with E-state index in [9.17, 15) is 18.3 Å². The summed E-state index contributed by atoms with van der Waals surface area (Å²) in [5.41, 5.74) is -0.288. The molecule has 0 saturated carbocycles. The number of carbonyl (C=O) groups excluding carboxylic acids is 1. The summed E-state index contributed by atoms with van der Waals surface area (Å²) in [6.07, 6.45) is 1.12. The average molecular weight is 285 g/mol. The van der Waals surface area contributed by atoms with Crippen LogP contribution in [0.5, 0.6) is 0 Å². The first kappa shape index (κ1) is 15.7. The van der Waals surface area contributed by atoms with Crippen molar-refractivity contribution in [3.63, 3.8) is 0 Å². The smallest absolute Gasteiger partial charge is 0.254 e. The summed E-state index contributed by atoms with van der Waals surface area (Å²) in [4.78, 5) is 13.8. The van der Waals surface area contributed by atoms with Crippen molar-refractivity contribution in [2.24, 2.45) is 0 Å². The van der Waals surface area contributed by atoms with Crippen LogP contribution in [0.1, 0.15) is 24.2 Å². The van der Waals surface area contributed by atoms with E-state index in [1.165, 1.54) is 29.2 Å². The highest BCUT2D eigenvalue weighted by Crippen LogP contribution is 2.17. The monoisotopic (exact) mass is 285 g/mol. The molecule has 0 fully saturated rings. The second-order valence-electron chi connectivity index (χ2n) is 5.13. The Bertz CT molecular complexity index is 561. The van der Waals surface area contributed by atoms with Crippen LogP contribution in [0.3, 0.4) is 0 Å². The van der Waals surface area contributed by atoms with Gasteiger partial charge in [-0.05, 0) is 38.1 Å². The number of hydrogen-bond donors (Lipinski definition) is 1. The summed E-state index contributed by atoms with van der Waals surface area (Å²) in [5, 5.41) is 9.24. The lowest BCUT2D eigenvalue weighted by molar-refractivity contribution is 0.0473. The summed E-state index contributed by atoms with van der Waals surface area (Å²) >= 11 is 0. The molecule has 0 aromatic heterocycles. The number of sulfone groups is 1. The molecule has 1 N–H and O–H groups in total. The number of amides is 1. The molecule has 0 bridgehead atoms. The van der Waals surface area contributed by atoms with Gasteiger partial charge < -0.3 is 10.0 Å². The lowest BCUT2D eigenvalue weighted by Gasteiger charge is -2.34. The van der Waals surface area contributed by atoms with Crippen molar-refractivity contribution in [3.05, 3.63) is 29.8 Å². The average Bonchev–Trinajstić information content (AvgIpc) is 2.36. The Hall–Kier alpha value is -1.40. The summed E-state index contributed by atoms with van der Waals surface area (Å²) < 4.78 is 22.7. The Balaban J connectivity index is 3.03. The quantitative estimate of drug-likeness (QED) is 0.893. The maximum atomic E-state index is 12.2. The van der Waals surface area contributed by atoms with E-state index in [-0.39, 0.29) is 17.4 Å². The predicted octanol–water partition coefficient (Wildman–Crippen LogP) is 0.933. The lowest BCUT2D eigenvalue weighted by Crippen LogP contribution is -2.47. The van der Waals surface area contributed by atoms with E-state index in [1.54, 1.807) is 20.9 Å². The van der Waals surface area contributed by atoms with Crippen molar-refractivity contribution >= 4 is 15.7 Å². The Labute approximate surface area is 113 Å². The molecule has 1 rings (SSSR count). The van der Waals surface area contributed by atoms with E-state index in [1.807, 2.05) is 0 Å². The highest BCUT2D eigenvalue weighted by molar-refractivity contribution is 7.90. The molecule has 0 atom stereocenters. The van der Waals surface area contributed by atoms with Crippen molar-refractivity contribution in [3.8, 4) is 0 Å². The number of aliphatic hydroxyl groups excluding tert-OH is 1. The van der Waals surface area contributed by atoms with E-state index >= 15 is 0 Å². The first-order chi connectivity index (χ1) is 8.59. The summed E-state index contributed by atoms with van der Waals surface area (Å²) in [6, 6.07) is 5.76. The Morgan fingerprint density at radius 1 is 1.26 bits per heavy atom. The molecule has 0 radical (unpaired) electrons. The van der Waals surface area contributed by atoms with Gasteiger partial charge in [0.1, 0.15) is 0 Å². The zero-order chi connectivity index (χ0) is 14.8. The molecule has 0 aliphatic carbocycles. The van der Waals surface area contributed by atoms with Gasteiger partial charge in [0.25, 0.3) is 5.91 Å². The minimum Gasteiger partial charge on any atom is -0.394 e. The predicted molar refractivity (Wildman–Crippen MR) is 72.8 cm³/mol. The zero-order valence-electron chi connectivity index (χ0n) is 11.5. The number of likely N-dealkylation sites (N-methyl/N-ethyl adjacent to an activating group) is 1. The summed E-state index contributed by atoms with van der Waals surface area (Å²) in [5.74, 6) is -0.265. The first-order valence-electron chi connectivity index (χ1n) is 5.79. The van der Waals surface area contributed by atoms with E-state index in [4.69, 9.17) is 0 Å². The van der Waals surface area contributed by atoms with E-state index in [0.29, 0.717) is 5.56 Å². The van der Waals surface area contributed by atoms with E-state index < -0.39 is 15.4 Å².